The Kier molecular flexibility index (Phi) is 6.84. The van der Waals surface area contributed by atoms with Gasteiger partial charge in [-0.3, -0.25) is 15.0 Å². The summed E-state index contributed by atoms with van der Waals surface area (Å²) >= 11 is 6.02. The highest BCUT2D eigenvalue weighted by Gasteiger charge is 2.31. The normalized spacial score (nSPS) is 21.6. The Morgan fingerprint density at radius 2 is 2.11 bits per heavy atom. The lowest BCUT2D eigenvalue weighted by Gasteiger charge is -2.37. The summed E-state index contributed by atoms with van der Waals surface area (Å²) in [6.07, 6.45) is 0.972. The number of nitro benzene ring substituents is 1. The number of hydrogen-bond acceptors (Lipinski definition) is 6. The van der Waals surface area contributed by atoms with Gasteiger partial charge >= 0.3 is 6.03 Å². The average molecular weight is 399 g/mol. The smallest absolute Gasteiger partial charge is 0.319 e. The molecule has 2 heterocycles. The lowest BCUT2D eigenvalue weighted by molar-refractivity contribution is -0.384. The third-order valence-corrected chi connectivity index (χ3v) is 5.22. The van der Waals surface area contributed by atoms with Crippen LogP contribution in [0.2, 0.25) is 5.02 Å². The van der Waals surface area contributed by atoms with E-state index in [0.717, 1.165) is 26.1 Å². The molecule has 1 aromatic carbocycles. The fraction of sp³-hybridized carbons (Fsp3) is 0.588. The van der Waals surface area contributed by atoms with Gasteiger partial charge in [-0.05, 0) is 12.5 Å². The fourth-order valence-corrected chi connectivity index (χ4v) is 3.66. The van der Waals surface area contributed by atoms with Gasteiger partial charge in [-0.2, -0.15) is 0 Å². The topological polar surface area (TPSA) is 106 Å². The summed E-state index contributed by atoms with van der Waals surface area (Å²) in [5.74, 6) is 0.367. The molecular weight excluding hydrogens is 376 g/mol. The molecule has 0 spiro atoms. The van der Waals surface area contributed by atoms with E-state index < -0.39 is 11.0 Å². The number of nitro groups is 1. The van der Waals surface area contributed by atoms with Crippen molar-refractivity contribution in [2.45, 2.75) is 12.5 Å². The minimum absolute atomic E-state index is 0.119. The van der Waals surface area contributed by atoms with Crippen LogP contribution in [0.5, 0.6) is 0 Å². The molecule has 0 radical (unpaired) electrons. The highest BCUT2D eigenvalue weighted by Crippen LogP contribution is 2.26. The summed E-state index contributed by atoms with van der Waals surface area (Å²) < 4.78 is 10.9. The van der Waals surface area contributed by atoms with Gasteiger partial charge in [0, 0.05) is 50.3 Å². The van der Waals surface area contributed by atoms with E-state index in [0.29, 0.717) is 38.0 Å². The summed E-state index contributed by atoms with van der Waals surface area (Å²) in [5.41, 5.74) is 0.200. The fourth-order valence-electron chi connectivity index (χ4n) is 3.44. The van der Waals surface area contributed by atoms with E-state index in [1.54, 1.807) is 0 Å². The minimum atomic E-state index is -0.535. The Hall–Kier alpha value is -1.94. The first-order valence-electron chi connectivity index (χ1n) is 8.93. The van der Waals surface area contributed by atoms with Crippen molar-refractivity contribution < 1.29 is 19.2 Å². The number of benzene rings is 1. The van der Waals surface area contributed by atoms with Crippen LogP contribution in [0.4, 0.5) is 16.2 Å². The number of carbonyl (C=O) groups is 1. The summed E-state index contributed by atoms with van der Waals surface area (Å²) in [6.45, 7) is 4.96. The van der Waals surface area contributed by atoms with Crippen LogP contribution in [-0.4, -0.2) is 68.0 Å². The Morgan fingerprint density at radius 1 is 1.33 bits per heavy atom. The van der Waals surface area contributed by atoms with Gasteiger partial charge in [-0.25, -0.2) is 4.79 Å². The predicted octanol–water partition coefficient (Wildman–Crippen LogP) is 2.11. The van der Waals surface area contributed by atoms with Crippen LogP contribution in [0.25, 0.3) is 0 Å². The zero-order valence-electron chi connectivity index (χ0n) is 14.9. The number of urea groups is 1. The molecule has 9 nitrogen and oxygen atoms in total. The molecule has 2 fully saturated rings. The second-order valence-corrected chi connectivity index (χ2v) is 7.00. The van der Waals surface area contributed by atoms with Crippen LogP contribution in [0.1, 0.15) is 6.42 Å². The number of nitrogens with zero attached hydrogens (tertiary/aromatic N) is 2. The highest BCUT2D eigenvalue weighted by atomic mass is 35.5. The van der Waals surface area contributed by atoms with Gasteiger partial charge in [0.05, 0.1) is 35.5 Å². The maximum absolute atomic E-state index is 12.3. The first-order chi connectivity index (χ1) is 13.0. The Bertz CT molecular complexity index is 677. The maximum atomic E-state index is 12.3. The minimum Gasteiger partial charge on any atom is -0.381 e. The van der Waals surface area contributed by atoms with E-state index in [1.165, 1.54) is 18.2 Å². The van der Waals surface area contributed by atoms with Crippen molar-refractivity contribution in [3.05, 3.63) is 33.3 Å². The number of rotatable bonds is 6. The van der Waals surface area contributed by atoms with Gasteiger partial charge in [0.15, 0.2) is 0 Å². The van der Waals surface area contributed by atoms with Crippen molar-refractivity contribution in [1.82, 2.24) is 10.2 Å². The number of amides is 2. The van der Waals surface area contributed by atoms with Gasteiger partial charge < -0.3 is 20.1 Å². The number of morpholine rings is 1. The second-order valence-electron chi connectivity index (χ2n) is 6.60. The van der Waals surface area contributed by atoms with Crippen molar-refractivity contribution in [1.29, 1.82) is 0 Å². The summed E-state index contributed by atoms with van der Waals surface area (Å²) in [4.78, 5) is 24.9. The van der Waals surface area contributed by atoms with E-state index in [4.69, 9.17) is 21.1 Å². The molecule has 0 aromatic heterocycles. The number of carbonyl (C=O) groups excluding carboxylic acids is 1. The largest absolute Gasteiger partial charge is 0.381 e. The number of nitrogens with one attached hydrogen (secondary N) is 2. The number of anilines is 1. The Morgan fingerprint density at radius 3 is 2.74 bits per heavy atom. The molecule has 10 heteroatoms. The van der Waals surface area contributed by atoms with E-state index in [9.17, 15) is 14.9 Å². The Balaban J connectivity index is 1.57. The van der Waals surface area contributed by atoms with Crippen LogP contribution in [-0.2, 0) is 9.47 Å². The van der Waals surface area contributed by atoms with Gasteiger partial charge in [0.25, 0.3) is 5.69 Å². The summed E-state index contributed by atoms with van der Waals surface area (Å²) in [5, 5.41) is 16.4. The zero-order chi connectivity index (χ0) is 19.2. The molecule has 2 aliphatic rings. The molecule has 2 amide bonds. The third-order valence-electron chi connectivity index (χ3n) is 4.91. The van der Waals surface area contributed by atoms with Crippen molar-refractivity contribution in [2.24, 2.45) is 5.92 Å². The van der Waals surface area contributed by atoms with Gasteiger partial charge in [-0.1, -0.05) is 11.6 Å². The molecule has 27 heavy (non-hydrogen) atoms. The first kappa shape index (κ1) is 19.8. The van der Waals surface area contributed by atoms with E-state index in [1.807, 2.05) is 0 Å². The number of hydrogen-bond donors (Lipinski definition) is 2. The van der Waals surface area contributed by atoms with E-state index in [2.05, 4.69) is 15.5 Å². The summed E-state index contributed by atoms with van der Waals surface area (Å²) in [6, 6.07) is 3.71. The maximum Gasteiger partial charge on any atom is 0.319 e. The van der Waals surface area contributed by atoms with Crippen molar-refractivity contribution in [2.75, 3.05) is 51.4 Å². The van der Waals surface area contributed by atoms with Crippen LogP contribution >= 0.6 is 11.6 Å². The Labute approximate surface area is 162 Å². The molecule has 0 unspecified atom stereocenters. The van der Waals surface area contributed by atoms with E-state index >= 15 is 0 Å². The average Bonchev–Trinajstić information content (AvgIpc) is 3.19. The molecule has 0 saturated carbocycles. The highest BCUT2D eigenvalue weighted by molar-refractivity contribution is 6.33. The van der Waals surface area contributed by atoms with Crippen LogP contribution in [0, 0.1) is 16.0 Å². The molecule has 3 rings (SSSR count). The molecule has 2 saturated heterocycles. The van der Waals surface area contributed by atoms with Gasteiger partial charge in [-0.15, -0.1) is 0 Å². The van der Waals surface area contributed by atoms with Gasteiger partial charge in [0.1, 0.15) is 0 Å². The number of non-ortho nitro benzene ring substituents is 1. The molecule has 1 aromatic rings. The lowest BCUT2D eigenvalue weighted by atomic mass is 9.97. The molecular formula is C17H23ClN4O5. The number of halogens is 1. The number of ether oxygens (including phenoxy) is 2. The van der Waals surface area contributed by atoms with Crippen molar-refractivity contribution in [3.8, 4) is 0 Å². The molecule has 0 aliphatic carbocycles. The van der Waals surface area contributed by atoms with Crippen molar-refractivity contribution in [3.63, 3.8) is 0 Å². The monoisotopic (exact) mass is 398 g/mol. The molecule has 2 atom stereocenters. The van der Waals surface area contributed by atoms with E-state index in [-0.39, 0.29) is 16.8 Å². The van der Waals surface area contributed by atoms with Crippen LogP contribution in [0.3, 0.4) is 0 Å². The van der Waals surface area contributed by atoms with Crippen molar-refractivity contribution >= 4 is 29.0 Å². The second kappa shape index (κ2) is 9.32. The first-order valence-corrected chi connectivity index (χ1v) is 9.30. The third kappa shape index (κ3) is 5.29. The molecule has 148 valence electrons. The molecule has 2 N–H and O–H groups in total. The zero-order valence-corrected chi connectivity index (χ0v) is 15.6. The predicted molar refractivity (Wildman–Crippen MR) is 100 cm³/mol. The van der Waals surface area contributed by atoms with Crippen LogP contribution in [0.15, 0.2) is 18.2 Å². The molecule has 0 bridgehead atoms. The summed E-state index contributed by atoms with van der Waals surface area (Å²) in [7, 11) is 0. The SMILES string of the molecule is O=C(NC[C@@H]([C@H]1CCOC1)N1CCOCC1)Nc1ccc([N+](=O)[O-])cc1Cl. The molecule has 2 aliphatic heterocycles. The van der Waals surface area contributed by atoms with Gasteiger partial charge in [0.2, 0.25) is 0 Å². The standard InChI is InChI=1S/C17H23ClN4O5/c18-14-9-13(22(24)25)1-2-15(14)20-17(23)19-10-16(12-3-6-27-11-12)21-4-7-26-8-5-21/h1-2,9,12,16H,3-8,10-11H2,(H2,19,20,23)/t12-,16-/m0/s1. The van der Waals surface area contributed by atoms with Crippen LogP contribution < -0.4 is 10.6 Å². The quantitative estimate of drug-likeness (QED) is 0.561. The lowest BCUT2D eigenvalue weighted by Crippen LogP contribution is -2.52.